The van der Waals surface area contributed by atoms with Gasteiger partial charge in [-0.15, -0.1) is 0 Å². The summed E-state index contributed by atoms with van der Waals surface area (Å²) in [5.74, 6) is 0.513. The number of H-pyrrole nitrogens is 2. The predicted molar refractivity (Wildman–Crippen MR) is 230 cm³/mol. The molecule has 0 bridgehead atoms. The molecule has 2 aliphatic heterocycles. The third-order valence-electron chi connectivity index (χ3n) is 12.0. The van der Waals surface area contributed by atoms with Gasteiger partial charge in [-0.25, -0.2) is 19.6 Å². The van der Waals surface area contributed by atoms with Gasteiger partial charge in [0.05, 0.1) is 30.6 Å². The number of alkyl carbamates (subject to hydrolysis) is 1. The number of carbonyl (C=O) groups excluding carboxylic acids is 3. The Morgan fingerprint density at radius 1 is 0.733 bits per heavy atom. The number of likely N-dealkylation sites (tertiary alicyclic amines) is 2. The molecule has 15 heteroatoms. The maximum Gasteiger partial charge on any atom is 0.407 e. The van der Waals surface area contributed by atoms with Crippen molar-refractivity contribution in [1.29, 1.82) is 0 Å². The maximum absolute atomic E-state index is 13.8. The van der Waals surface area contributed by atoms with Crippen LogP contribution in [-0.4, -0.2) is 90.1 Å². The average Bonchev–Trinajstić information content (AvgIpc) is 4.04. The third-order valence-corrected chi connectivity index (χ3v) is 12.3. The minimum atomic E-state index is -1.23. The number of nitrogens with zero attached hydrogens (tertiary/aromatic N) is 4. The van der Waals surface area contributed by atoms with E-state index in [2.05, 4.69) is 55.9 Å². The number of benzene rings is 3. The van der Waals surface area contributed by atoms with Gasteiger partial charge < -0.3 is 40.2 Å². The molecule has 0 spiro atoms. The summed E-state index contributed by atoms with van der Waals surface area (Å²) in [6, 6.07) is 18.4. The minimum absolute atomic E-state index is 0.00979. The largest absolute Gasteiger partial charge is 0.465 e. The number of nitrogens with one attached hydrogen (secondary N) is 4. The van der Waals surface area contributed by atoms with E-state index in [4.69, 9.17) is 21.3 Å². The number of halogens is 1. The fourth-order valence-electron chi connectivity index (χ4n) is 8.70. The van der Waals surface area contributed by atoms with Gasteiger partial charge in [0.25, 0.3) is 0 Å². The molecule has 2 fully saturated rings. The smallest absolute Gasteiger partial charge is 0.407 e. The SMILES string of the molecule is COC(=O)N[C@H](C(=O)N1[C@@H](C)CC[C@H]1c1nc(-c2ccc3cc(-c4ccc(-c5[nH]c([C@@H]6CC[C@H](C)N6C(=O)[C@@H](NC(=O)O)C(C)C)nc5Cl)cc4)ccc3c2)c[nH]1)C(C)C. The average molecular weight is 837 g/mol. The Kier molecular flexibility index (Phi) is 12.2. The zero-order chi connectivity index (χ0) is 43.0. The van der Waals surface area contributed by atoms with Crippen LogP contribution in [0.2, 0.25) is 5.15 Å². The predicted octanol–water partition coefficient (Wildman–Crippen LogP) is 8.72. The number of hydrogen-bond donors (Lipinski definition) is 5. The highest BCUT2D eigenvalue weighted by molar-refractivity contribution is 6.32. The number of carbonyl (C=O) groups is 4. The molecule has 7 rings (SSSR count). The molecule has 0 unspecified atom stereocenters. The van der Waals surface area contributed by atoms with Gasteiger partial charge in [0.2, 0.25) is 11.8 Å². The van der Waals surface area contributed by atoms with Crippen molar-refractivity contribution in [2.45, 2.75) is 103 Å². The van der Waals surface area contributed by atoms with Crippen molar-refractivity contribution < 1.29 is 29.0 Å². The van der Waals surface area contributed by atoms with Crippen LogP contribution >= 0.6 is 11.6 Å². The fourth-order valence-corrected chi connectivity index (χ4v) is 8.95. The zero-order valence-electron chi connectivity index (χ0n) is 35.0. The van der Waals surface area contributed by atoms with E-state index >= 15 is 0 Å². The van der Waals surface area contributed by atoms with Crippen LogP contribution in [0.15, 0.2) is 66.9 Å². The fraction of sp³-hybridized carbons (Fsp3) is 0.422. The van der Waals surface area contributed by atoms with Crippen molar-refractivity contribution in [2.75, 3.05) is 7.11 Å². The highest BCUT2D eigenvalue weighted by Crippen LogP contribution is 2.40. The summed E-state index contributed by atoms with van der Waals surface area (Å²) in [4.78, 5) is 70.9. The summed E-state index contributed by atoms with van der Waals surface area (Å²) in [5, 5.41) is 16.9. The van der Waals surface area contributed by atoms with E-state index in [1.807, 2.05) is 83.0 Å². The summed E-state index contributed by atoms with van der Waals surface area (Å²) in [7, 11) is 1.29. The lowest BCUT2D eigenvalue weighted by Crippen LogP contribution is -2.52. The Morgan fingerprint density at radius 3 is 1.82 bits per heavy atom. The van der Waals surface area contributed by atoms with Crippen LogP contribution < -0.4 is 10.6 Å². The summed E-state index contributed by atoms with van der Waals surface area (Å²) in [5.41, 5.74) is 5.30. The highest BCUT2D eigenvalue weighted by Gasteiger charge is 2.43. The van der Waals surface area contributed by atoms with Gasteiger partial charge in [-0.1, -0.05) is 87.8 Å². The molecule has 60 heavy (non-hydrogen) atoms. The lowest BCUT2D eigenvalue weighted by Gasteiger charge is -2.32. The maximum atomic E-state index is 13.8. The van der Waals surface area contributed by atoms with E-state index in [9.17, 15) is 24.3 Å². The van der Waals surface area contributed by atoms with Crippen LogP contribution in [0, 0.1) is 11.8 Å². The molecular weight excluding hydrogens is 784 g/mol. The molecule has 0 radical (unpaired) electrons. The monoisotopic (exact) mass is 836 g/mol. The molecule has 0 saturated carbocycles. The molecule has 2 aromatic heterocycles. The molecule has 4 amide bonds. The Morgan fingerprint density at radius 2 is 1.25 bits per heavy atom. The van der Waals surface area contributed by atoms with Crippen molar-refractivity contribution in [1.82, 2.24) is 40.4 Å². The lowest BCUT2D eigenvalue weighted by atomic mass is 9.98. The van der Waals surface area contributed by atoms with Gasteiger partial charge in [-0.2, -0.15) is 0 Å². The Labute approximate surface area is 354 Å². The molecule has 3 aromatic carbocycles. The second kappa shape index (κ2) is 17.4. The van der Waals surface area contributed by atoms with Crippen LogP contribution in [0.5, 0.6) is 0 Å². The van der Waals surface area contributed by atoms with E-state index < -0.39 is 24.3 Å². The first-order valence-electron chi connectivity index (χ1n) is 20.6. The van der Waals surface area contributed by atoms with Gasteiger partial charge in [-0.05, 0) is 85.4 Å². The summed E-state index contributed by atoms with van der Waals surface area (Å²) >= 11 is 6.71. The number of fused-ring (bicyclic) bond motifs is 1. The molecule has 6 atom stereocenters. The standard InChI is InChI=1S/C45H53ClN8O6/c1-23(2)36(50-44(57)58)42(55)54-26(6)9-19-35(54)41-49-38(39(46)52-41)28-12-10-27(11-13-28)29-14-15-31-21-32(17-16-30(31)20-29)33-22-47-40(48-33)34-18-8-25(5)53(34)43(56)37(24(3)4)51-45(59)60-7/h10-17,20-26,34-37,50H,8-9,18-19H2,1-7H3,(H,47,48)(H,49,52)(H,51,59)(H,57,58)/t25-,26-,34-,35-,36-,37-/m0/s1. The molecule has 316 valence electrons. The van der Waals surface area contributed by atoms with Crippen molar-refractivity contribution in [3.8, 4) is 33.6 Å². The van der Waals surface area contributed by atoms with Gasteiger partial charge in [0.15, 0.2) is 5.15 Å². The van der Waals surface area contributed by atoms with Gasteiger partial charge in [0.1, 0.15) is 23.7 Å². The highest BCUT2D eigenvalue weighted by atomic mass is 35.5. The van der Waals surface area contributed by atoms with Crippen molar-refractivity contribution in [3.63, 3.8) is 0 Å². The van der Waals surface area contributed by atoms with Gasteiger partial charge in [0, 0.05) is 29.4 Å². The van der Waals surface area contributed by atoms with Gasteiger partial charge in [-0.3, -0.25) is 9.59 Å². The number of ether oxygens (including phenoxy) is 1. The number of aromatic amines is 2. The Bertz CT molecular complexity index is 2390. The quantitative estimate of drug-likeness (QED) is 0.0874. The van der Waals surface area contributed by atoms with E-state index in [0.717, 1.165) is 58.0 Å². The first-order chi connectivity index (χ1) is 28.6. The number of carboxylic acid groups (broad SMARTS) is 1. The van der Waals surface area contributed by atoms with Crippen molar-refractivity contribution >= 4 is 46.4 Å². The van der Waals surface area contributed by atoms with Crippen LogP contribution in [0.1, 0.15) is 91.0 Å². The lowest BCUT2D eigenvalue weighted by molar-refractivity contribution is -0.138. The number of amides is 4. The Balaban J connectivity index is 1.06. The number of methoxy groups -OCH3 is 1. The molecule has 0 aliphatic carbocycles. The Hall–Kier alpha value is -5.89. The zero-order valence-corrected chi connectivity index (χ0v) is 35.7. The van der Waals surface area contributed by atoms with Crippen LogP contribution in [0.3, 0.4) is 0 Å². The number of aromatic nitrogens is 4. The topological polar surface area (TPSA) is 186 Å². The molecular formula is C45H53ClN8O6. The van der Waals surface area contributed by atoms with E-state index in [1.165, 1.54) is 7.11 Å². The van der Waals surface area contributed by atoms with Crippen LogP contribution in [0.4, 0.5) is 9.59 Å². The number of imidazole rings is 2. The van der Waals surface area contributed by atoms with E-state index in [0.29, 0.717) is 28.9 Å². The van der Waals surface area contributed by atoms with Gasteiger partial charge >= 0.3 is 12.2 Å². The first-order valence-corrected chi connectivity index (χ1v) is 21.0. The van der Waals surface area contributed by atoms with Crippen molar-refractivity contribution in [2.24, 2.45) is 11.8 Å². The van der Waals surface area contributed by atoms with Crippen molar-refractivity contribution in [3.05, 3.63) is 83.7 Å². The molecule has 5 aromatic rings. The number of rotatable bonds is 11. The van der Waals surface area contributed by atoms with E-state index in [-0.39, 0.29) is 47.8 Å². The second-order valence-corrected chi connectivity index (χ2v) is 17.1. The summed E-state index contributed by atoms with van der Waals surface area (Å²) in [6.45, 7) is 11.4. The molecule has 4 heterocycles. The van der Waals surface area contributed by atoms with Crippen LogP contribution in [-0.2, 0) is 14.3 Å². The van der Waals surface area contributed by atoms with Crippen LogP contribution in [0.25, 0.3) is 44.4 Å². The molecule has 14 nitrogen and oxygen atoms in total. The molecule has 5 N–H and O–H groups in total. The normalized spacial score (nSPS) is 20.2. The molecule has 2 aliphatic rings. The molecule has 2 saturated heterocycles. The second-order valence-electron chi connectivity index (χ2n) is 16.7. The first kappa shape index (κ1) is 42.2. The summed E-state index contributed by atoms with van der Waals surface area (Å²) in [6.07, 6.45) is 3.04. The minimum Gasteiger partial charge on any atom is -0.465 e. The summed E-state index contributed by atoms with van der Waals surface area (Å²) < 4.78 is 4.79. The number of hydrogen-bond acceptors (Lipinski definition) is 7. The third kappa shape index (κ3) is 8.43. The van der Waals surface area contributed by atoms with E-state index in [1.54, 1.807) is 4.90 Å².